The summed E-state index contributed by atoms with van der Waals surface area (Å²) in [6.07, 6.45) is 10.4. The summed E-state index contributed by atoms with van der Waals surface area (Å²) in [5.41, 5.74) is 0.980. The van der Waals surface area contributed by atoms with Crippen molar-refractivity contribution < 1.29 is 0 Å². The van der Waals surface area contributed by atoms with Crippen molar-refractivity contribution in [2.45, 2.75) is 52.0 Å². The molecule has 1 fully saturated rings. The third kappa shape index (κ3) is 2.76. The van der Waals surface area contributed by atoms with Gasteiger partial charge in [-0.05, 0) is 25.3 Å². The second kappa shape index (κ2) is 5.49. The van der Waals surface area contributed by atoms with Crippen LogP contribution in [-0.4, -0.2) is 14.5 Å². The molecule has 2 aromatic heterocycles. The van der Waals surface area contributed by atoms with Crippen LogP contribution in [0.4, 0.5) is 0 Å². The summed E-state index contributed by atoms with van der Waals surface area (Å²) in [6, 6.07) is 2.03. The van der Waals surface area contributed by atoms with Gasteiger partial charge in [0.15, 0.2) is 0 Å². The van der Waals surface area contributed by atoms with Crippen LogP contribution < -0.4 is 0 Å². The normalized spacial score (nSPS) is 17.2. The zero-order valence-electron chi connectivity index (χ0n) is 11.4. The lowest BCUT2D eigenvalue weighted by atomic mass is 9.87. The highest BCUT2D eigenvalue weighted by Crippen LogP contribution is 2.28. The summed E-state index contributed by atoms with van der Waals surface area (Å²) in [7, 11) is 0. The van der Waals surface area contributed by atoms with E-state index >= 15 is 0 Å². The molecule has 0 saturated heterocycles. The molecule has 0 spiro atoms. The minimum atomic E-state index is 0.568. The maximum atomic E-state index is 6.16. The fraction of sp³-hybridized carbons (Fsp3) is 0.600. The average molecular weight is 278 g/mol. The van der Waals surface area contributed by atoms with Crippen LogP contribution in [0.1, 0.15) is 44.3 Å². The number of aromatic nitrogens is 3. The van der Waals surface area contributed by atoms with Gasteiger partial charge in [0.2, 0.25) is 0 Å². The van der Waals surface area contributed by atoms with Crippen LogP contribution >= 0.6 is 11.6 Å². The van der Waals surface area contributed by atoms with E-state index in [9.17, 15) is 0 Å². The smallest absolute Gasteiger partial charge is 0.145 e. The van der Waals surface area contributed by atoms with E-state index in [1.54, 1.807) is 0 Å². The highest BCUT2D eigenvalue weighted by atomic mass is 35.5. The van der Waals surface area contributed by atoms with Gasteiger partial charge < -0.3 is 4.57 Å². The fourth-order valence-corrected chi connectivity index (χ4v) is 3.38. The van der Waals surface area contributed by atoms with Crippen molar-refractivity contribution in [1.29, 1.82) is 0 Å². The Morgan fingerprint density at radius 3 is 2.84 bits per heavy atom. The summed E-state index contributed by atoms with van der Waals surface area (Å²) in [4.78, 5) is 8.73. The minimum Gasteiger partial charge on any atom is -0.332 e. The Morgan fingerprint density at radius 1 is 1.26 bits per heavy atom. The number of fused-ring (bicyclic) bond motifs is 1. The van der Waals surface area contributed by atoms with Gasteiger partial charge in [-0.15, -0.1) is 0 Å². The van der Waals surface area contributed by atoms with Gasteiger partial charge in [0.25, 0.3) is 0 Å². The molecule has 1 aliphatic rings. The van der Waals surface area contributed by atoms with E-state index in [0.717, 1.165) is 29.3 Å². The molecule has 19 heavy (non-hydrogen) atoms. The van der Waals surface area contributed by atoms with Crippen LogP contribution in [-0.2, 0) is 6.54 Å². The van der Waals surface area contributed by atoms with Gasteiger partial charge in [0, 0.05) is 12.7 Å². The molecule has 3 nitrogen and oxygen atoms in total. The van der Waals surface area contributed by atoms with Crippen molar-refractivity contribution in [1.82, 2.24) is 14.5 Å². The predicted octanol–water partition coefficient (Wildman–Crippen LogP) is 4.36. The first-order valence-corrected chi connectivity index (χ1v) is 7.61. The minimum absolute atomic E-state index is 0.568. The Kier molecular flexibility index (Phi) is 3.74. The Bertz CT molecular complexity index is 570. The number of hydrogen-bond acceptors (Lipinski definition) is 2. The molecule has 3 rings (SSSR count). The SMILES string of the molecule is Cc1nc(Cl)c2ccn(CCC3CCCCC3)c2n1. The van der Waals surface area contributed by atoms with Crippen molar-refractivity contribution in [2.24, 2.45) is 5.92 Å². The van der Waals surface area contributed by atoms with Gasteiger partial charge in [-0.25, -0.2) is 9.97 Å². The summed E-state index contributed by atoms with van der Waals surface area (Å²) in [6.45, 7) is 2.94. The maximum absolute atomic E-state index is 6.16. The van der Waals surface area contributed by atoms with E-state index in [1.807, 2.05) is 13.0 Å². The second-order valence-electron chi connectivity index (χ2n) is 5.60. The summed E-state index contributed by atoms with van der Waals surface area (Å²) < 4.78 is 2.23. The number of nitrogens with zero attached hydrogens (tertiary/aromatic N) is 3. The number of halogens is 1. The first-order chi connectivity index (χ1) is 9.24. The van der Waals surface area contributed by atoms with Crippen molar-refractivity contribution in [3.05, 3.63) is 23.2 Å². The van der Waals surface area contributed by atoms with E-state index < -0.39 is 0 Å². The molecular weight excluding hydrogens is 258 g/mol. The number of rotatable bonds is 3. The highest BCUT2D eigenvalue weighted by Gasteiger charge is 2.14. The molecule has 0 aliphatic heterocycles. The Hall–Kier alpha value is -1.09. The molecule has 0 amide bonds. The van der Waals surface area contributed by atoms with Gasteiger partial charge in [-0.1, -0.05) is 43.7 Å². The molecule has 2 aromatic rings. The molecule has 1 aliphatic carbocycles. The monoisotopic (exact) mass is 277 g/mol. The summed E-state index contributed by atoms with van der Waals surface area (Å²) in [5.74, 6) is 1.64. The van der Waals surface area contributed by atoms with Crippen LogP contribution in [0.5, 0.6) is 0 Å². The van der Waals surface area contributed by atoms with E-state index in [-0.39, 0.29) is 0 Å². The molecule has 0 unspecified atom stereocenters. The van der Waals surface area contributed by atoms with Crippen molar-refractivity contribution in [3.63, 3.8) is 0 Å². The number of hydrogen-bond donors (Lipinski definition) is 0. The van der Waals surface area contributed by atoms with Gasteiger partial charge >= 0.3 is 0 Å². The van der Waals surface area contributed by atoms with Crippen molar-refractivity contribution in [3.8, 4) is 0 Å². The molecule has 0 N–H and O–H groups in total. The standard InChI is InChI=1S/C15H20ClN3/c1-11-17-14(16)13-8-10-19(15(13)18-11)9-7-12-5-3-2-4-6-12/h8,10,12H,2-7,9H2,1H3. The van der Waals surface area contributed by atoms with Gasteiger partial charge in [-0.3, -0.25) is 0 Å². The Labute approximate surface area is 119 Å². The lowest BCUT2D eigenvalue weighted by Crippen LogP contribution is -2.10. The Balaban J connectivity index is 1.77. The topological polar surface area (TPSA) is 30.7 Å². The third-order valence-corrected chi connectivity index (χ3v) is 4.48. The molecular formula is C15H20ClN3. The Morgan fingerprint density at radius 2 is 2.05 bits per heavy atom. The molecule has 4 heteroatoms. The third-order valence-electron chi connectivity index (χ3n) is 4.19. The van der Waals surface area contributed by atoms with Crippen LogP contribution in [0.25, 0.3) is 11.0 Å². The summed E-state index contributed by atoms with van der Waals surface area (Å²) >= 11 is 6.16. The van der Waals surface area contributed by atoms with E-state index in [0.29, 0.717) is 5.15 Å². The maximum Gasteiger partial charge on any atom is 0.145 e. The molecule has 0 atom stereocenters. The largest absolute Gasteiger partial charge is 0.332 e. The van der Waals surface area contributed by atoms with E-state index in [1.165, 1.54) is 38.5 Å². The molecule has 0 aromatic carbocycles. The highest BCUT2D eigenvalue weighted by molar-refractivity contribution is 6.33. The first-order valence-electron chi connectivity index (χ1n) is 7.23. The summed E-state index contributed by atoms with van der Waals surface area (Å²) in [5, 5.41) is 1.54. The quantitative estimate of drug-likeness (QED) is 0.780. The lowest BCUT2D eigenvalue weighted by molar-refractivity contribution is 0.325. The van der Waals surface area contributed by atoms with Crippen LogP contribution in [0.3, 0.4) is 0 Å². The molecule has 1 saturated carbocycles. The van der Waals surface area contributed by atoms with E-state index in [2.05, 4.69) is 20.7 Å². The molecule has 102 valence electrons. The molecule has 0 bridgehead atoms. The lowest BCUT2D eigenvalue weighted by Gasteiger charge is -2.21. The molecule has 2 heterocycles. The number of aryl methyl sites for hydroxylation is 2. The van der Waals surface area contributed by atoms with Gasteiger partial charge in [-0.2, -0.15) is 0 Å². The van der Waals surface area contributed by atoms with Crippen molar-refractivity contribution >= 4 is 22.6 Å². The van der Waals surface area contributed by atoms with Crippen LogP contribution in [0, 0.1) is 12.8 Å². The fourth-order valence-electron chi connectivity index (χ4n) is 3.11. The van der Waals surface area contributed by atoms with Gasteiger partial charge in [0.1, 0.15) is 16.6 Å². The average Bonchev–Trinajstić information content (AvgIpc) is 2.81. The van der Waals surface area contributed by atoms with Crippen LogP contribution in [0.2, 0.25) is 5.15 Å². The zero-order valence-corrected chi connectivity index (χ0v) is 12.2. The first kappa shape index (κ1) is 12.9. The zero-order chi connectivity index (χ0) is 13.2. The van der Waals surface area contributed by atoms with Gasteiger partial charge in [0.05, 0.1) is 5.39 Å². The second-order valence-corrected chi connectivity index (χ2v) is 5.96. The molecule has 0 radical (unpaired) electrons. The van der Waals surface area contributed by atoms with Crippen LogP contribution in [0.15, 0.2) is 12.3 Å². The van der Waals surface area contributed by atoms with E-state index in [4.69, 9.17) is 11.6 Å². The van der Waals surface area contributed by atoms with Crippen molar-refractivity contribution in [2.75, 3.05) is 0 Å². The predicted molar refractivity (Wildman–Crippen MR) is 78.5 cm³/mol.